The third kappa shape index (κ3) is 2.38. The standard InChI is InChI=1S/C12H23N3O/c1-10-8-14-7-3-2-4-11(14)9-15(10)12(16)5-6-13/h10-11H,2-9,13H2,1H3. The van der Waals surface area contributed by atoms with Gasteiger partial charge in [0.25, 0.3) is 0 Å². The average Bonchev–Trinajstić information content (AvgIpc) is 2.28. The van der Waals surface area contributed by atoms with E-state index in [2.05, 4.69) is 11.8 Å². The number of nitrogens with zero attached hydrogens (tertiary/aromatic N) is 2. The predicted molar refractivity (Wildman–Crippen MR) is 64.1 cm³/mol. The van der Waals surface area contributed by atoms with Gasteiger partial charge in [-0.25, -0.2) is 0 Å². The van der Waals surface area contributed by atoms with Crippen LogP contribution in [0.1, 0.15) is 32.6 Å². The number of rotatable bonds is 2. The molecule has 2 unspecified atom stereocenters. The van der Waals surface area contributed by atoms with Gasteiger partial charge in [0.15, 0.2) is 0 Å². The minimum Gasteiger partial charge on any atom is -0.337 e. The number of hydrogen-bond donors (Lipinski definition) is 1. The fraction of sp³-hybridized carbons (Fsp3) is 0.917. The van der Waals surface area contributed by atoms with Crippen molar-refractivity contribution in [2.75, 3.05) is 26.2 Å². The van der Waals surface area contributed by atoms with Gasteiger partial charge in [-0.3, -0.25) is 9.69 Å². The molecule has 4 nitrogen and oxygen atoms in total. The highest BCUT2D eigenvalue weighted by Crippen LogP contribution is 2.24. The first kappa shape index (κ1) is 11.9. The van der Waals surface area contributed by atoms with Crippen molar-refractivity contribution in [3.63, 3.8) is 0 Å². The molecule has 2 saturated heterocycles. The second kappa shape index (κ2) is 5.15. The Labute approximate surface area is 97.8 Å². The van der Waals surface area contributed by atoms with Crippen molar-refractivity contribution in [2.24, 2.45) is 5.73 Å². The summed E-state index contributed by atoms with van der Waals surface area (Å²) >= 11 is 0. The number of piperidine rings is 1. The molecule has 2 atom stereocenters. The molecule has 2 aliphatic heterocycles. The Hall–Kier alpha value is -0.610. The zero-order valence-corrected chi connectivity index (χ0v) is 10.2. The second-order valence-corrected chi connectivity index (χ2v) is 5.08. The Morgan fingerprint density at radius 2 is 2.19 bits per heavy atom. The first-order valence-corrected chi connectivity index (χ1v) is 6.46. The molecule has 2 heterocycles. The third-order valence-electron chi connectivity index (χ3n) is 3.87. The number of carbonyl (C=O) groups is 1. The van der Waals surface area contributed by atoms with E-state index in [-0.39, 0.29) is 5.91 Å². The molecule has 0 saturated carbocycles. The normalized spacial score (nSPS) is 31.2. The molecule has 2 fully saturated rings. The monoisotopic (exact) mass is 225 g/mol. The van der Waals surface area contributed by atoms with Gasteiger partial charge in [-0.15, -0.1) is 0 Å². The van der Waals surface area contributed by atoms with Crippen LogP contribution in [0, 0.1) is 0 Å². The van der Waals surface area contributed by atoms with Gasteiger partial charge >= 0.3 is 0 Å². The van der Waals surface area contributed by atoms with Crippen LogP contribution in [0.5, 0.6) is 0 Å². The van der Waals surface area contributed by atoms with Crippen molar-refractivity contribution in [3.05, 3.63) is 0 Å². The van der Waals surface area contributed by atoms with E-state index < -0.39 is 0 Å². The summed E-state index contributed by atoms with van der Waals surface area (Å²) in [5.74, 6) is 0.236. The van der Waals surface area contributed by atoms with Crippen molar-refractivity contribution in [1.82, 2.24) is 9.80 Å². The summed E-state index contributed by atoms with van der Waals surface area (Å²) in [5, 5.41) is 0. The molecule has 0 aliphatic carbocycles. The minimum absolute atomic E-state index is 0.236. The topological polar surface area (TPSA) is 49.6 Å². The molecule has 0 aromatic carbocycles. The number of amides is 1. The molecule has 0 radical (unpaired) electrons. The smallest absolute Gasteiger partial charge is 0.224 e. The predicted octanol–water partition coefficient (Wildman–Crippen LogP) is 0.420. The van der Waals surface area contributed by atoms with E-state index in [0.717, 1.165) is 13.1 Å². The van der Waals surface area contributed by atoms with E-state index in [1.165, 1.54) is 25.8 Å². The van der Waals surface area contributed by atoms with Crippen LogP contribution in [0.4, 0.5) is 0 Å². The summed E-state index contributed by atoms with van der Waals surface area (Å²) in [4.78, 5) is 16.5. The van der Waals surface area contributed by atoms with Crippen LogP contribution in [-0.4, -0.2) is 54.0 Å². The molecule has 0 aromatic heterocycles. The number of hydrogen-bond acceptors (Lipinski definition) is 3. The van der Waals surface area contributed by atoms with Crippen LogP contribution in [0.15, 0.2) is 0 Å². The highest BCUT2D eigenvalue weighted by molar-refractivity contribution is 5.76. The molecule has 1 amide bonds. The van der Waals surface area contributed by atoms with Crippen molar-refractivity contribution in [1.29, 1.82) is 0 Å². The zero-order chi connectivity index (χ0) is 11.5. The molecule has 2 rings (SSSR count). The third-order valence-corrected chi connectivity index (χ3v) is 3.87. The Kier molecular flexibility index (Phi) is 3.82. The fourth-order valence-corrected chi connectivity index (χ4v) is 2.97. The molecule has 0 bridgehead atoms. The van der Waals surface area contributed by atoms with Crippen molar-refractivity contribution in [3.8, 4) is 0 Å². The van der Waals surface area contributed by atoms with Crippen LogP contribution < -0.4 is 5.73 Å². The Morgan fingerprint density at radius 1 is 1.38 bits per heavy atom. The SMILES string of the molecule is CC1CN2CCCCC2CN1C(=O)CCN. The maximum Gasteiger partial charge on any atom is 0.224 e. The van der Waals surface area contributed by atoms with Crippen LogP contribution in [0.3, 0.4) is 0 Å². The molecular weight excluding hydrogens is 202 g/mol. The van der Waals surface area contributed by atoms with Crippen LogP contribution in [-0.2, 0) is 4.79 Å². The lowest BCUT2D eigenvalue weighted by Crippen LogP contribution is -2.60. The van der Waals surface area contributed by atoms with E-state index in [9.17, 15) is 4.79 Å². The van der Waals surface area contributed by atoms with Gasteiger partial charge in [-0.1, -0.05) is 6.42 Å². The van der Waals surface area contributed by atoms with Crippen LogP contribution in [0.25, 0.3) is 0 Å². The van der Waals surface area contributed by atoms with Gasteiger partial charge in [0.2, 0.25) is 5.91 Å². The molecule has 16 heavy (non-hydrogen) atoms. The molecular formula is C12H23N3O. The number of carbonyl (C=O) groups excluding carboxylic acids is 1. The van der Waals surface area contributed by atoms with Gasteiger partial charge in [0, 0.05) is 38.1 Å². The lowest BCUT2D eigenvalue weighted by Gasteiger charge is -2.47. The fourth-order valence-electron chi connectivity index (χ4n) is 2.97. The van der Waals surface area contributed by atoms with Gasteiger partial charge < -0.3 is 10.6 Å². The number of piperazine rings is 1. The van der Waals surface area contributed by atoms with E-state index in [1.54, 1.807) is 0 Å². The maximum absolute atomic E-state index is 11.9. The van der Waals surface area contributed by atoms with E-state index in [0.29, 0.717) is 25.0 Å². The molecule has 4 heteroatoms. The van der Waals surface area contributed by atoms with Crippen molar-refractivity contribution >= 4 is 5.91 Å². The number of nitrogens with two attached hydrogens (primary N) is 1. The Morgan fingerprint density at radius 3 is 2.94 bits per heavy atom. The van der Waals surface area contributed by atoms with Gasteiger partial charge in [-0.2, -0.15) is 0 Å². The highest BCUT2D eigenvalue weighted by Gasteiger charge is 2.34. The number of fused-ring (bicyclic) bond motifs is 1. The lowest BCUT2D eigenvalue weighted by atomic mass is 9.97. The maximum atomic E-state index is 11.9. The second-order valence-electron chi connectivity index (χ2n) is 5.08. The Bertz CT molecular complexity index is 257. The molecule has 0 aromatic rings. The molecule has 2 aliphatic rings. The van der Waals surface area contributed by atoms with Crippen LogP contribution >= 0.6 is 0 Å². The van der Waals surface area contributed by atoms with Gasteiger partial charge in [0.05, 0.1) is 0 Å². The molecule has 0 spiro atoms. The average molecular weight is 225 g/mol. The first-order chi connectivity index (χ1) is 7.72. The zero-order valence-electron chi connectivity index (χ0n) is 10.2. The van der Waals surface area contributed by atoms with Gasteiger partial charge in [0.1, 0.15) is 0 Å². The quantitative estimate of drug-likeness (QED) is 0.741. The van der Waals surface area contributed by atoms with Crippen molar-refractivity contribution in [2.45, 2.75) is 44.7 Å². The summed E-state index contributed by atoms with van der Waals surface area (Å²) in [7, 11) is 0. The van der Waals surface area contributed by atoms with E-state index in [4.69, 9.17) is 5.73 Å². The summed E-state index contributed by atoms with van der Waals surface area (Å²) in [5.41, 5.74) is 5.46. The summed E-state index contributed by atoms with van der Waals surface area (Å²) in [6.45, 7) is 5.80. The Balaban J connectivity index is 1.97. The summed E-state index contributed by atoms with van der Waals surface area (Å²) in [6, 6.07) is 0.958. The van der Waals surface area contributed by atoms with Gasteiger partial charge in [-0.05, 0) is 26.3 Å². The highest BCUT2D eigenvalue weighted by atomic mass is 16.2. The largest absolute Gasteiger partial charge is 0.337 e. The lowest BCUT2D eigenvalue weighted by molar-refractivity contribution is -0.137. The first-order valence-electron chi connectivity index (χ1n) is 6.46. The summed E-state index contributed by atoms with van der Waals surface area (Å²) in [6.07, 6.45) is 4.38. The molecule has 2 N–H and O–H groups in total. The molecule has 92 valence electrons. The van der Waals surface area contributed by atoms with E-state index >= 15 is 0 Å². The van der Waals surface area contributed by atoms with Crippen LogP contribution in [0.2, 0.25) is 0 Å². The van der Waals surface area contributed by atoms with E-state index in [1.807, 2.05) is 4.90 Å². The summed E-state index contributed by atoms with van der Waals surface area (Å²) < 4.78 is 0. The van der Waals surface area contributed by atoms with Crippen molar-refractivity contribution < 1.29 is 4.79 Å². The minimum atomic E-state index is 0.236.